The molecule has 2 rings (SSSR count). The van der Waals surface area contributed by atoms with Gasteiger partial charge in [0.05, 0.1) is 22.9 Å². The quantitative estimate of drug-likeness (QED) is 0.743. The summed E-state index contributed by atoms with van der Waals surface area (Å²) in [6, 6.07) is 4.78. The van der Waals surface area contributed by atoms with Gasteiger partial charge in [-0.3, -0.25) is 0 Å². The van der Waals surface area contributed by atoms with E-state index in [4.69, 9.17) is 5.11 Å². The maximum absolute atomic E-state index is 11.8. The molecular formula is C10H13NO3S. The summed E-state index contributed by atoms with van der Waals surface area (Å²) < 4.78 is 23.6. The van der Waals surface area contributed by atoms with Crippen LogP contribution in [0.25, 0.3) is 0 Å². The van der Waals surface area contributed by atoms with Crippen molar-refractivity contribution >= 4 is 15.5 Å². The van der Waals surface area contributed by atoms with Crippen LogP contribution in [0.1, 0.15) is 12.5 Å². The third kappa shape index (κ3) is 1.85. The Morgan fingerprint density at radius 3 is 2.93 bits per heavy atom. The van der Waals surface area contributed by atoms with E-state index in [1.165, 1.54) is 0 Å². The minimum atomic E-state index is -3.16. The van der Waals surface area contributed by atoms with Crippen molar-refractivity contribution in [3.05, 3.63) is 23.8 Å². The minimum absolute atomic E-state index is 0.0800. The molecule has 0 spiro atoms. The molecule has 4 nitrogen and oxygen atoms in total. The molecule has 1 aromatic carbocycles. The Hall–Kier alpha value is -1.07. The number of fused-ring (bicyclic) bond motifs is 1. The largest absolute Gasteiger partial charge is 0.392 e. The van der Waals surface area contributed by atoms with Crippen LogP contribution in [0, 0.1) is 0 Å². The van der Waals surface area contributed by atoms with Gasteiger partial charge in [-0.2, -0.15) is 0 Å². The van der Waals surface area contributed by atoms with Crippen molar-refractivity contribution in [2.24, 2.45) is 0 Å². The number of benzene rings is 1. The smallest absolute Gasteiger partial charge is 0.182 e. The Morgan fingerprint density at radius 2 is 2.27 bits per heavy atom. The molecule has 1 aliphatic rings. The summed E-state index contributed by atoms with van der Waals surface area (Å²) in [6.07, 6.45) is 0. The van der Waals surface area contributed by atoms with E-state index in [2.05, 4.69) is 5.32 Å². The average Bonchev–Trinajstić information content (AvgIpc) is 2.15. The maximum atomic E-state index is 11.8. The molecule has 0 amide bonds. The summed E-state index contributed by atoms with van der Waals surface area (Å²) in [5.41, 5.74) is 1.31. The lowest BCUT2D eigenvalue weighted by Crippen LogP contribution is -2.31. The van der Waals surface area contributed by atoms with Gasteiger partial charge in [0.2, 0.25) is 0 Å². The number of hydrogen-bond acceptors (Lipinski definition) is 4. The van der Waals surface area contributed by atoms with E-state index < -0.39 is 9.84 Å². The first-order valence-electron chi connectivity index (χ1n) is 4.76. The molecule has 15 heavy (non-hydrogen) atoms. The van der Waals surface area contributed by atoms with Crippen molar-refractivity contribution in [2.45, 2.75) is 24.5 Å². The Bertz CT molecular complexity index is 481. The number of nitrogens with one attached hydrogen (secondary N) is 1. The number of aliphatic hydroxyl groups is 1. The molecular weight excluding hydrogens is 214 g/mol. The van der Waals surface area contributed by atoms with Gasteiger partial charge in [-0.1, -0.05) is 6.07 Å². The highest BCUT2D eigenvalue weighted by Crippen LogP contribution is 2.29. The van der Waals surface area contributed by atoms with Crippen LogP contribution in [0.3, 0.4) is 0 Å². The molecule has 0 saturated heterocycles. The second kappa shape index (κ2) is 3.50. The summed E-state index contributed by atoms with van der Waals surface area (Å²) >= 11 is 0. The maximum Gasteiger partial charge on any atom is 0.182 e. The van der Waals surface area contributed by atoms with Gasteiger partial charge in [0.25, 0.3) is 0 Å². The normalized spacial score (nSPS) is 22.9. The Kier molecular flexibility index (Phi) is 2.44. The Labute approximate surface area is 88.9 Å². The van der Waals surface area contributed by atoms with E-state index in [-0.39, 0.29) is 18.4 Å². The summed E-state index contributed by atoms with van der Waals surface area (Å²) in [7, 11) is -3.16. The zero-order chi connectivity index (χ0) is 11.1. The van der Waals surface area contributed by atoms with Gasteiger partial charge in [-0.25, -0.2) is 8.42 Å². The van der Waals surface area contributed by atoms with Crippen LogP contribution >= 0.6 is 0 Å². The highest BCUT2D eigenvalue weighted by molar-refractivity contribution is 7.91. The fourth-order valence-corrected chi connectivity index (χ4v) is 3.43. The molecule has 0 bridgehead atoms. The standard InChI is InChI=1S/C10H13NO3S/c1-7-6-15(13,14)10-3-2-8(5-12)4-9(10)11-7/h2-4,7,11-12H,5-6H2,1H3. The van der Waals surface area contributed by atoms with Crippen LogP contribution in [0.4, 0.5) is 5.69 Å². The van der Waals surface area contributed by atoms with Gasteiger partial charge >= 0.3 is 0 Å². The molecule has 1 atom stereocenters. The first kappa shape index (κ1) is 10.4. The van der Waals surface area contributed by atoms with Gasteiger partial charge in [0, 0.05) is 6.04 Å². The van der Waals surface area contributed by atoms with E-state index in [0.29, 0.717) is 16.1 Å². The Morgan fingerprint density at radius 1 is 1.53 bits per heavy atom. The van der Waals surface area contributed by atoms with E-state index in [1.54, 1.807) is 18.2 Å². The molecule has 1 heterocycles. The van der Waals surface area contributed by atoms with Gasteiger partial charge in [-0.15, -0.1) is 0 Å². The van der Waals surface area contributed by atoms with Crippen LogP contribution in [-0.2, 0) is 16.4 Å². The predicted octanol–water partition coefficient (Wildman–Crippen LogP) is 0.767. The van der Waals surface area contributed by atoms with Crippen molar-refractivity contribution < 1.29 is 13.5 Å². The molecule has 82 valence electrons. The fourth-order valence-electron chi connectivity index (χ4n) is 1.79. The first-order chi connectivity index (χ1) is 7.03. The van der Waals surface area contributed by atoms with Crippen LogP contribution < -0.4 is 5.32 Å². The molecule has 2 N–H and O–H groups in total. The fraction of sp³-hybridized carbons (Fsp3) is 0.400. The number of rotatable bonds is 1. The molecule has 1 aliphatic heterocycles. The van der Waals surface area contributed by atoms with E-state index in [0.717, 1.165) is 0 Å². The topological polar surface area (TPSA) is 66.4 Å². The van der Waals surface area contributed by atoms with Gasteiger partial charge in [0.1, 0.15) is 0 Å². The van der Waals surface area contributed by atoms with Crippen LogP contribution in [0.15, 0.2) is 23.1 Å². The summed E-state index contributed by atoms with van der Waals surface area (Å²) in [5.74, 6) is 0.123. The van der Waals surface area contributed by atoms with E-state index >= 15 is 0 Å². The molecule has 1 aromatic rings. The second-order valence-electron chi connectivity index (χ2n) is 3.82. The van der Waals surface area contributed by atoms with Crippen molar-refractivity contribution in [3.8, 4) is 0 Å². The highest BCUT2D eigenvalue weighted by atomic mass is 32.2. The molecule has 5 heteroatoms. The van der Waals surface area contributed by atoms with Crippen molar-refractivity contribution in [3.63, 3.8) is 0 Å². The van der Waals surface area contributed by atoms with Gasteiger partial charge in [-0.05, 0) is 24.6 Å². The van der Waals surface area contributed by atoms with Crippen LogP contribution in [0.5, 0.6) is 0 Å². The Balaban J connectivity index is 2.57. The zero-order valence-corrected chi connectivity index (χ0v) is 9.21. The summed E-state index contributed by atoms with van der Waals surface area (Å²) in [5, 5.41) is 12.1. The highest BCUT2D eigenvalue weighted by Gasteiger charge is 2.27. The third-order valence-corrected chi connectivity index (χ3v) is 4.40. The first-order valence-corrected chi connectivity index (χ1v) is 6.41. The van der Waals surface area contributed by atoms with E-state index in [1.807, 2.05) is 6.92 Å². The van der Waals surface area contributed by atoms with Gasteiger partial charge < -0.3 is 10.4 Å². The summed E-state index contributed by atoms with van der Waals surface area (Å²) in [4.78, 5) is 0.331. The molecule has 0 aliphatic carbocycles. The molecule has 0 aromatic heterocycles. The van der Waals surface area contributed by atoms with Crippen molar-refractivity contribution in [2.75, 3.05) is 11.1 Å². The van der Waals surface area contributed by atoms with Crippen molar-refractivity contribution in [1.29, 1.82) is 0 Å². The number of sulfone groups is 1. The second-order valence-corrected chi connectivity index (χ2v) is 5.82. The lowest BCUT2D eigenvalue weighted by atomic mass is 10.2. The van der Waals surface area contributed by atoms with Gasteiger partial charge in [0.15, 0.2) is 9.84 Å². The average molecular weight is 227 g/mol. The predicted molar refractivity (Wildman–Crippen MR) is 57.5 cm³/mol. The molecule has 1 unspecified atom stereocenters. The molecule has 0 saturated carbocycles. The summed E-state index contributed by atoms with van der Waals surface area (Å²) in [6.45, 7) is 1.75. The number of anilines is 1. The molecule has 0 fully saturated rings. The van der Waals surface area contributed by atoms with E-state index in [9.17, 15) is 8.42 Å². The molecule has 0 radical (unpaired) electrons. The SMILES string of the molecule is CC1CS(=O)(=O)c2ccc(CO)cc2N1. The van der Waals surface area contributed by atoms with Crippen LogP contribution in [0.2, 0.25) is 0 Å². The minimum Gasteiger partial charge on any atom is -0.392 e. The lowest BCUT2D eigenvalue weighted by molar-refractivity contribution is 0.282. The number of aliphatic hydroxyl groups excluding tert-OH is 1. The van der Waals surface area contributed by atoms with Crippen LogP contribution in [-0.4, -0.2) is 25.3 Å². The lowest BCUT2D eigenvalue weighted by Gasteiger charge is -2.24. The van der Waals surface area contributed by atoms with Crippen molar-refractivity contribution in [1.82, 2.24) is 0 Å². The monoisotopic (exact) mass is 227 g/mol. The third-order valence-electron chi connectivity index (χ3n) is 2.43. The zero-order valence-electron chi connectivity index (χ0n) is 8.40. The number of hydrogen-bond donors (Lipinski definition) is 2.